The van der Waals surface area contributed by atoms with E-state index in [0.717, 1.165) is 32.2 Å². The average Bonchev–Trinajstić information content (AvgIpc) is 3.07. The van der Waals surface area contributed by atoms with Crippen LogP contribution in [0.1, 0.15) is 32.6 Å². The van der Waals surface area contributed by atoms with Gasteiger partial charge >= 0.3 is 5.97 Å². The summed E-state index contributed by atoms with van der Waals surface area (Å²) in [7, 11) is 1.45. The minimum absolute atomic E-state index is 0.156. The highest BCUT2D eigenvalue weighted by molar-refractivity contribution is 7.99. The molecular formula is C13H20N2O3S. The molecule has 0 amide bonds. The van der Waals surface area contributed by atoms with Gasteiger partial charge < -0.3 is 14.5 Å². The van der Waals surface area contributed by atoms with Crippen LogP contribution in [0.15, 0.2) is 22.1 Å². The lowest BCUT2D eigenvalue weighted by Crippen LogP contribution is -2.51. The van der Waals surface area contributed by atoms with E-state index in [1.165, 1.54) is 7.11 Å². The van der Waals surface area contributed by atoms with Crippen molar-refractivity contribution in [1.82, 2.24) is 10.3 Å². The number of hydrogen-bond donors (Lipinski definition) is 1. The molecule has 0 spiro atoms. The second kappa shape index (κ2) is 6.43. The number of nitrogens with zero attached hydrogens (tertiary/aromatic N) is 1. The number of rotatable bonds is 6. The highest BCUT2D eigenvalue weighted by Crippen LogP contribution is 2.40. The normalized spacial score (nSPS) is 26.5. The fraction of sp³-hybridized carbons (Fsp3) is 0.692. The third kappa shape index (κ3) is 3.30. The number of aromatic nitrogens is 1. The number of oxazole rings is 1. The van der Waals surface area contributed by atoms with E-state index in [1.54, 1.807) is 24.2 Å². The molecule has 1 aromatic heterocycles. The van der Waals surface area contributed by atoms with Crippen LogP contribution in [0.25, 0.3) is 0 Å². The molecule has 1 aliphatic carbocycles. The van der Waals surface area contributed by atoms with E-state index in [4.69, 9.17) is 9.15 Å². The summed E-state index contributed by atoms with van der Waals surface area (Å²) in [6.07, 6.45) is 6.72. The standard InChI is InChI=1S/C13H20N2O3S/c1-3-6-15-13(11(16)17-2)5-4-10(9-13)19-12-14-7-8-18-12/h7-8,10,15H,3-6,9H2,1-2H3. The number of carbonyl (C=O) groups excluding carboxylic acids is 1. The Kier molecular flexibility index (Phi) is 4.87. The quantitative estimate of drug-likeness (QED) is 0.808. The Morgan fingerprint density at radius 3 is 3.21 bits per heavy atom. The summed E-state index contributed by atoms with van der Waals surface area (Å²) < 4.78 is 10.2. The van der Waals surface area contributed by atoms with E-state index >= 15 is 0 Å². The second-order valence-electron chi connectivity index (χ2n) is 4.78. The maximum absolute atomic E-state index is 12.1. The fourth-order valence-electron chi connectivity index (χ4n) is 2.49. The van der Waals surface area contributed by atoms with Crippen molar-refractivity contribution < 1.29 is 13.9 Å². The molecule has 6 heteroatoms. The zero-order valence-electron chi connectivity index (χ0n) is 11.3. The largest absolute Gasteiger partial charge is 0.468 e. The SMILES string of the molecule is CCCNC1(C(=O)OC)CCC(Sc2ncco2)C1. The number of carbonyl (C=O) groups is 1. The van der Waals surface area contributed by atoms with Gasteiger partial charge in [-0.25, -0.2) is 4.98 Å². The van der Waals surface area contributed by atoms with Crippen molar-refractivity contribution in [2.45, 2.75) is 48.6 Å². The van der Waals surface area contributed by atoms with E-state index in [9.17, 15) is 4.79 Å². The van der Waals surface area contributed by atoms with Gasteiger partial charge in [0.05, 0.1) is 13.3 Å². The Labute approximate surface area is 117 Å². The molecule has 2 unspecified atom stereocenters. The Morgan fingerprint density at radius 2 is 2.58 bits per heavy atom. The van der Waals surface area contributed by atoms with Crippen LogP contribution in [0, 0.1) is 0 Å². The molecule has 1 N–H and O–H groups in total. The summed E-state index contributed by atoms with van der Waals surface area (Å²) in [6.45, 7) is 2.91. The molecule has 5 nitrogen and oxygen atoms in total. The topological polar surface area (TPSA) is 64.4 Å². The number of ether oxygens (including phenoxy) is 1. The Morgan fingerprint density at radius 1 is 1.74 bits per heavy atom. The molecule has 2 rings (SSSR count). The van der Waals surface area contributed by atoms with Gasteiger partial charge in [-0.05, 0) is 32.2 Å². The maximum atomic E-state index is 12.1. The van der Waals surface area contributed by atoms with Crippen LogP contribution in [0.3, 0.4) is 0 Å². The molecule has 19 heavy (non-hydrogen) atoms. The Balaban J connectivity index is 2.00. The van der Waals surface area contributed by atoms with E-state index in [-0.39, 0.29) is 5.97 Å². The van der Waals surface area contributed by atoms with E-state index in [1.807, 2.05) is 0 Å². The smallest absolute Gasteiger partial charge is 0.326 e. The first-order chi connectivity index (χ1) is 9.20. The van der Waals surface area contributed by atoms with Gasteiger partial charge in [-0.15, -0.1) is 0 Å². The summed E-state index contributed by atoms with van der Waals surface area (Å²) in [5.41, 5.74) is -0.533. The lowest BCUT2D eigenvalue weighted by Gasteiger charge is -2.27. The van der Waals surface area contributed by atoms with Crippen molar-refractivity contribution in [3.05, 3.63) is 12.5 Å². The molecule has 2 atom stereocenters. The molecule has 1 aromatic rings. The van der Waals surface area contributed by atoms with Crippen LogP contribution < -0.4 is 5.32 Å². The first-order valence-corrected chi connectivity index (χ1v) is 7.48. The van der Waals surface area contributed by atoms with Gasteiger partial charge in [0, 0.05) is 5.25 Å². The molecular weight excluding hydrogens is 264 g/mol. The Bertz CT molecular complexity index is 410. The summed E-state index contributed by atoms with van der Waals surface area (Å²) in [5.74, 6) is -0.156. The van der Waals surface area contributed by atoms with Gasteiger partial charge in [-0.1, -0.05) is 18.7 Å². The summed E-state index contributed by atoms with van der Waals surface area (Å²) in [6, 6.07) is 0. The second-order valence-corrected chi connectivity index (χ2v) is 6.03. The van der Waals surface area contributed by atoms with Gasteiger partial charge in [0.15, 0.2) is 0 Å². The number of thioether (sulfide) groups is 1. The Hall–Kier alpha value is -1.01. The zero-order chi connectivity index (χ0) is 13.7. The summed E-state index contributed by atoms with van der Waals surface area (Å²) in [5, 5.41) is 4.37. The van der Waals surface area contributed by atoms with E-state index < -0.39 is 5.54 Å². The van der Waals surface area contributed by atoms with Crippen LogP contribution >= 0.6 is 11.8 Å². The predicted octanol–water partition coefficient (Wildman–Crippen LogP) is 2.23. The molecule has 1 heterocycles. The van der Waals surface area contributed by atoms with Crippen molar-refractivity contribution in [3.8, 4) is 0 Å². The van der Waals surface area contributed by atoms with Crippen molar-refractivity contribution in [2.24, 2.45) is 0 Å². The number of esters is 1. The monoisotopic (exact) mass is 284 g/mol. The summed E-state index contributed by atoms with van der Waals surface area (Å²) in [4.78, 5) is 16.2. The van der Waals surface area contributed by atoms with Gasteiger partial charge in [0.2, 0.25) is 0 Å². The van der Waals surface area contributed by atoms with Crippen LogP contribution in [0.5, 0.6) is 0 Å². The molecule has 106 valence electrons. The number of nitrogens with one attached hydrogen (secondary N) is 1. The van der Waals surface area contributed by atoms with Crippen LogP contribution in [0.4, 0.5) is 0 Å². The number of methoxy groups -OCH3 is 1. The van der Waals surface area contributed by atoms with Gasteiger partial charge in [-0.3, -0.25) is 4.79 Å². The third-order valence-corrected chi connectivity index (χ3v) is 4.57. The molecule has 1 fully saturated rings. The van der Waals surface area contributed by atoms with E-state index in [2.05, 4.69) is 17.2 Å². The van der Waals surface area contributed by atoms with Crippen molar-refractivity contribution >= 4 is 17.7 Å². The van der Waals surface area contributed by atoms with Crippen molar-refractivity contribution in [3.63, 3.8) is 0 Å². The number of hydrogen-bond acceptors (Lipinski definition) is 6. The third-order valence-electron chi connectivity index (χ3n) is 3.44. The lowest BCUT2D eigenvalue weighted by molar-refractivity contribution is -0.148. The maximum Gasteiger partial charge on any atom is 0.326 e. The summed E-state index contributed by atoms with van der Waals surface area (Å²) >= 11 is 1.60. The van der Waals surface area contributed by atoms with Crippen LogP contribution in [-0.4, -0.2) is 35.4 Å². The fourth-order valence-corrected chi connectivity index (χ4v) is 3.61. The first-order valence-electron chi connectivity index (χ1n) is 6.60. The molecule has 1 aliphatic rings. The average molecular weight is 284 g/mol. The lowest BCUT2D eigenvalue weighted by atomic mass is 9.97. The molecule has 0 aromatic carbocycles. The van der Waals surface area contributed by atoms with Gasteiger partial charge in [0.25, 0.3) is 5.22 Å². The minimum Gasteiger partial charge on any atom is -0.468 e. The zero-order valence-corrected chi connectivity index (χ0v) is 12.2. The molecule has 1 saturated carbocycles. The highest BCUT2D eigenvalue weighted by Gasteiger charge is 2.46. The van der Waals surface area contributed by atoms with Crippen LogP contribution in [0.2, 0.25) is 0 Å². The molecule has 0 bridgehead atoms. The molecule has 0 saturated heterocycles. The van der Waals surface area contributed by atoms with E-state index in [0.29, 0.717) is 10.5 Å². The van der Waals surface area contributed by atoms with Crippen LogP contribution in [-0.2, 0) is 9.53 Å². The predicted molar refractivity (Wildman–Crippen MR) is 73.0 cm³/mol. The minimum atomic E-state index is -0.533. The van der Waals surface area contributed by atoms with Crippen molar-refractivity contribution in [1.29, 1.82) is 0 Å². The van der Waals surface area contributed by atoms with Crippen molar-refractivity contribution in [2.75, 3.05) is 13.7 Å². The van der Waals surface area contributed by atoms with Gasteiger partial charge in [-0.2, -0.15) is 0 Å². The van der Waals surface area contributed by atoms with Gasteiger partial charge in [0.1, 0.15) is 11.8 Å². The highest BCUT2D eigenvalue weighted by atomic mass is 32.2. The first kappa shape index (κ1) is 14.4. The molecule has 0 radical (unpaired) electrons. The molecule has 0 aliphatic heterocycles.